The lowest BCUT2D eigenvalue weighted by atomic mass is 10.1. The minimum atomic E-state index is -4.46. The first-order chi connectivity index (χ1) is 15.6. The zero-order chi connectivity index (χ0) is 25.0. The van der Waals surface area contributed by atoms with E-state index >= 15 is 0 Å². The number of hydrogen-bond donors (Lipinski definition) is 0. The standard InChI is InChI=1S/C24H50NO7P/c1-6-7-8-9-10-11-12-13-14-15-16-17-19-29-21-24(32-23(2)26)22-31-33(27,28)30-20-18-25(3,4)5/h24H,6-22H2,1-5H3. The van der Waals surface area contributed by atoms with Crippen molar-refractivity contribution < 1.29 is 37.3 Å². The number of carbonyl (C=O) groups excluding carboxylic acids is 1. The van der Waals surface area contributed by atoms with Crippen LogP contribution >= 0.6 is 7.82 Å². The Kier molecular flexibility index (Phi) is 19.5. The van der Waals surface area contributed by atoms with Crippen molar-refractivity contribution in [1.29, 1.82) is 0 Å². The Balaban J connectivity index is 3.85. The minimum Gasteiger partial charge on any atom is -0.756 e. The highest BCUT2D eigenvalue weighted by atomic mass is 31.2. The molecule has 0 N–H and O–H groups in total. The lowest BCUT2D eigenvalue weighted by Gasteiger charge is -2.28. The molecular weight excluding hydrogens is 445 g/mol. The van der Waals surface area contributed by atoms with E-state index in [9.17, 15) is 14.3 Å². The number of hydrogen-bond acceptors (Lipinski definition) is 7. The summed E-state index contributed by atoms with van der Waals surface area (Å²) < 4.78 is 32.9. The monoisotopic (exact) mass is 495 g/mol. The number of esters is 1. The first-order valence-corrected chi connectivity index (χ1v) is 14.2. The number of likely N-dealkylation sites (N-methyl/N-ethyl adjacent to an activating group) is 1. The summed E-state index contributed by atoms with van der Waals surface area (Å²) in [5.74, 6) is -0.510. The van der Waals surface area contributed by atoms with Crippen molar-refractivity contribution >= 4 is 13.8 Å². The molecule has 0 radical (unpaired) electrons. The molecule has 0 heterocycles. The molecule has 0 rings (SSSR count). The average molecular weight is 496 g/mol. The summed E-state index contributed by atoms with van der Waals surface area (Å²) in [6.45, 7) is 4.39. The lowest BCUT2D eigenvalue weighted by molar-refractivity contribution is -0.870. The van der Waals surface area contributed by atoms with Crippen molar-refractivity contribution in [3.05, 3.63) is 0 Å². The Morgan fingerprint density at radius 2 is 1.33 bits per heavy atom. The molecule has 2 atom stereocenters. The molecule has 9 heteroatoms. The fraction of sp³-hybridized carbons (Fsp3) is 0.958. The molecule has 0 aliphatic carbocycles. The number of rotatable bonds is 23. The van der Waals surface area contributed by atoms with Gasteiger partial charge in [0.1, 0.15) is 19.3 Å². The van der Waals surface area contributed by atoms with E-state index in [1.54, 1.807) is 0 Å². The van der Waals surface area contributed by atoms with E-state index in [0.717, 1.165) is 12.8 Å². The fourth-order valence-corrected chi connectivity index (χ4v) is 3.98. The van der Waals surface area contributed by atoms with Crippen LogP contribution in [0.5, 0.6) is 0 Å². The first-order valence-electron chi connectivity index (χ1n) is 12.7. The number of ether oxygens (including phenoxy) is 2. The van der Waals surface area contributed by atoms with Gasteiger partial charge < -0.3 is 27.9 Å². The smallest absolute Gasteiger partial charge is 0.303 e. The maximum absolute atomic E-state index is 11.9. The second-order valence-electron chi connectivity index (χ2n) is 9.79. The number of carbonyl (C=O) groups is 1. The van der Waals surface area contributed by atoms with Gasteiger partial charge in [-0.3, -0.25) is 9.36 Å². The first kappa shape index (κ1) is 32.5. The van der Waals surface area contributed by atoms with Crippen LogP contribution in [0.4, 0.5) is 0 Å². The molecule has 0 saturated heterocycles. The van der Waals surface area contributed by atoms with Crippen molar-refractivity contribution in [1.82, 2.24) is 0 Å². The third-order valence-corrected chi connectivity index (χ3v) is 6.17. The second-order valence-corrected chi connectivity index (χ2v) is 11.2. The third kappa shape index (κ3) is 24.4. The van der Waals surface area contributed by atoms with Crippen LogP contribution in [0, 0.1) is 0 Å². The van der Waals surface area contributed by atoms with E-state index < -0.39 is 19.9 Å². The molecule has 8 nitrogen and oxygen atoms in total. The second kappa shape index (κ2) is 19.8. The summed E-state index contributed by atoms with van der Waals surface area (Å²) in [5.41, 5.74) is 0. The van der Waals surface area contributed by atoms with Gasteiger partial charge in [-0.2, -0.15) is 0 Å². The predicted octanol–water partition coefficient (Wildman–Crippen LogP) is 4.84. The molecule has 0 aliphatic rings. The maximum Gasteiger partial charge on any atom is 0.303 e. The van der Waals surface area contributed by atoms with E-state index in [1.165, 1.54) is 71.1 Å². The van der Waals surface area contributed by atoms with Gasteiger partial charge in [0.15, 0.2) is 0 Å². The normalized spacial score (nSPS) is 14.7. The topological polar surface area (TPSA) is 94.1 Å². The molecular formula is C24H50NO7P. The van der Waals surface area contributed by atoms with Gasteiger partial charge in [0.2, 0.25) is 0 Å². The molecule has 0 fully saturated rings. The molecule has 0 aromatic rings. The molecule has 0 aromatic carbocycles. The van der Waals surface area contributed by atoms with Crippen LogP contribution in [0.3, 0.4) is 0 Å². The third-order valence-electron chi connectivity index (χ3n) is 5.21. The van der Waals surface area contributed by atoms with Gasteiger partial charge in [0, 0.05) is 13.5 Å². The Morgan fingerprint density at radius 1 is 0.818 bits per heavy atom. The Bertz CT molecular complexity index is 525. The molecule has 198 valence electrons. The van der Waals surface area contributed by atoms with Crippen LogP contribution in [0.25, 0.3) is 0 Å². The zero-order valence-corrected chi connectivity index (χ0v) is 22.7. The Morgan fingerprint density at radius 3 is 1.82 bits per heavy atom. The highest BCUT2D eigenvalue weighted by molar-refractivity contribution is 7.45. The molecule has 2 unspecified atom stereocenters. The fourth-order valence-electron chi connectivity index (χ4n) is 3.25. The quantitative estimate of drug-likeness (QED) is 0.0866. The highest BCUT2D eigenvalue weighted by Gasteiger charge is 2.19. The van der Waals surface area contributed by atoms with Crippen LogP contribution in [0.2, 0.25) is 0 Å². The lowest BCUT2D eigenvalue weighted by Crippen LogP contribution is -2.37. The number of nitrogens with zero attached hydrogens (tertiary/aromatic N) is 1. The van der Waals surface area contributed by atoms with Gasteiger partial charge in [0.05, 0.1) is 34.4 Å². The minimum absolute atomic E-state index is 0.0258. The molecule has 33 heavy (non-hydrogen) atoms. The van der Waals surface area contributed by atoms with E-state index in [-0.39, 0.29) is 19.8 Å². The summed E-state index contributed by atoms with van der Waals surface area (Å²) in [4.78, 5) is 23.2. The van der Waals surface area contributed by atoms with Gasteiger partial charge in [-0.05, 0) is 6.42 Å². The Labute approximate surface area is 202 Å². The highest BCUT2D eigenvalue weighted by Crippen LogP contribution is 2.38. The summed E-state index contributed by atoms with van der Waals surface area (Å²) in [7, 11) is 1.35. The van der Waals surface area contributed by atoms with Gasteiger partial charge in [-0.25, -0.2) is 0 Å². The summed E-state index contributed by atoms with van der Waals surface area (Å²) in [6, 6.07) is 0. The SMILES string of the molecule is CCCCCCCCCCCCCCOCC(COP(=O)([O-])OCC[N+](C)(C)C)OC(C)=O. The van der Waals surface area contributed by atoms with E-state index in [0.29, 0.717) is 17.6 Å². The molecule has 0 aromatic heterocycles. The number of phosphoric ester groups is 1. The van der Waals surface area contributed by atoms with Crippen LogP contribution in [0.15, 0.2) is 0 Å². The van der Waals surface area contributed by atoms with Crippen molar-refractivity contribution in [3.63, 3.8) is 0 Å². The van der Waals surface area contributed by atoms with E-state index in [1.807, 2.05) is 21.1 Å². The Hall–Kier alpha value is -0.500. The zero-order valence-electron chi connectivity index (χ0n) is 21.9. The average Bonchev–Trinajstić information content (AvgIpc) is 2.70. The predicted molar refractivity (Wildman–Crippen MR) is 130 cm³/mol. The largest absolute Gasteiger partial charge is 0.756 e. The van der Waals surface area contributed by atoms with Crippen molar-refractivity contribution in [2.75, 3.05) is 54.1 Å². The molecule has 0 amide bonds. The maximum atomic E-state index is 11.9. The number of unbranched alkanes of at least 4 members (excludes halogenated alkanes) is 11. The van der Waals surface area contributed by atoms with Crippen molar-refractivity contribution in [2.24, 2.45) is 0 Å². The van der Waals surface area contributed by atoms with Gasteiger partial charge >= 0.3 is 5.97 Å². The summed E-state index contributed by atoms with van der Waals surface area (Å²) >= 11 is 0. The van der Waals surface area contributed by atoms with Crippen LogP contribution < -0.4 is 4.89 Å². The summed E-state index contributed by atoms with van der Waals surface area (Å²) in [6.07, 6.45) is 14.5. The van der Waals surface area contributed by atoms with Crippen LogP contribution in [0.1, 0.15) is 90.9 Å². The van der Waals surface area contributed by atoms with Crippen LogP contribution in [-0.2, 0) is 27.9 Å². The number of phosphoric acid groups is 1. The summed E-state index contributed by atoms with van der Waals surface area (Å²) in [5, 5.41) is 0. The molecule has 0 aliphatic heterocycles. The van der Waals surface area contributed by atoms with E-state index in [2.05, 4.69) is 6.92 Å². The van der Waals surface area contributed by atoms with Gasteiger partial charge in [-0.15, -0.1) is 0 Å². The van der Waals surface area contributed by atoms with Gasteiger partial charge in [-0.1, -0.05) is 77.6 Å². The van der Waals surface area contributed by atoms with Crippen molar-refractivity contribution in [3.8, 4) is 0 Å². The van der Waals surface area contributed by atoms with Gasteiger partial charge in [0.25, 0.3) is 7.82 Å². The van der Waals surface area contributed by atoms with Crippen molar-refractivity contribution in [2.45, 2.75) is 97.0 Å². The molecule has 0 spiro atoms. The van der Waals surface area contributed by atoms with Crippen LogP contribution in [-0.4, -0.2) is 70.7 Å². The van der Waals surface area contributed by atoms with E-state index in [4.69, 9.17) is 18.5 Å². The number of quaternary nitrogens is 1. The molecule has 0 saturated carbocycles. The molecule has 0 bridgehead atoms.